The van der Waals surface area contributed by atoms with Gasteiger partial charge in [0.1, 0.15) is 84.5 Å². The molecule has 0 bridgehead atoms. The van der Waals surface area contributed by atoms with E-state index in [1.165, 1.54) is 47.2 Å². The van der Waals surface area contributed by atoms with Gasteiger partial charge >= 0.3 is 0 Å². The normalized spacial score (nSPS) is 25.4. The van der Waals surface area contributed by atoms with Gasteiger partial charge in [0.2, 0.25) is 70.9 Å². The molecule has 622 valence electrons. The van der Waals surface area contributed by atoms with E-state index in [0.717, 1.165) is 16.7 Å². The number of hydrogen-bond acceptors (Lipinski definition) is 21. The number of carbonyl (C=O) groups is 12. The smallest absolute Gasteiger partial charge is 0.246 e. The summed E-state index contributed by atoms with van der Waals surface area (Å²) in [5.74, 6) is -12.7. The van der Waals surface area contributed by atoms with Gasteiger partial charge in [-0.2, -0.15) is 0 Å². The van der Waals surface area contributed by atoms with Crippen LogP contribution in [0.5, 0.6) is 5.75 Å². The van der Waals surface area contributed by atoms with Crippen LogP contribution in [0, 0.1) is 11.8 Å². The number of fused-ring (bicyclic) bond motifs is 1. The standard InChI is InChI=1S/C82H107N17O17/c1-46(2)37-58-74(107)94-63(40-49-19-11-7-12-20-49)81(114)99-36-16-24-64(99)79(112)93-61(41-54-44-98(97-96-54)45-65-70(103)71(104)69(82(115-5)116-65)86-43-51-25-29-53(30-26-51)52-21-13-8-14-22-52)76(109)91-59(38-48-17-9-6-10-18-48)75(108)92-62(42-67(85)102)77(110)87-57(33-34-66(84)101)73(106)90-60(39-50-27-31-55(100)32-28-50)78(111)95-68(47(3)4)80(113)88-56(23-15-35-83)72(105)89-58/h6-14,17-22,25-32,44,46-47,56-65,68-71,82,86,100,103-104H,15-16,23-24,33-43,45,83H2,1-5H3,(H2,84,101)(H2,85,102)(H,87,110)(H,88,113)(H,89,105)(H,90,106)(H,91,109)(H,92,108)(H,93,112)(H,94,107)(H,95,111)/t56-,57-,58-,59+,60-,61-,62-,63+,64-,65+,68-,69+,70+,71+,82+/m0/s1. The number of phenols is 1. The van der Waals surface area contributed by atoms with E-state index in [1.54, 1.807) is 88.4 Å². The van der Waals surface area contributed by atoms with Crippen molar-refractivity contribution in [3.8, 4) is 16.9 Å². The molecule has 9 rings (SSSR count). The second-order valence-corrected chi connectivity index (χ2v) is 30.3. The topological polar surface area (TPSA) is 516 Å². The van der Waals surface area contributed by atoms with Gasteiger partial charge in [-0.15, -0.1) is 5.10 Å². The average molecular weight is 1600 g/mol. The molecule has 4 heterocycles. The molecule has 5 aromatic carbocycles. The minimum Gasteiger partial charge on any atom is -0.508 e. The number of nitrogens with zero attached hydrogens (tertiary/aromatic N) is 4. The van der Waals surface area contributed by atoms with Crippen molar-refractivity contribution in [1.29, 1.82) is 0 Å². The highest BCUT2D eigenvalue weighted by Gasteiger charge is 2.46. The number of aliphatic hydroxyl groups is 2. The maximum absolute atomic E-state index is 15.5. The third-order valence-electron chi connectivity index (χ3n) is 20.5. The lowest BCUT2D eigenvalue weighted by Crippen LogP contribution is -2.63. The number of aromatic nitrogens is 3. The Morgan fingerprint density at radius 3 is 1.61 bits per heavy atom. The molecule has 0 spiro atoms. The van der Waals surface area contributed by atoms with Crippen LogP contribution in [0.25, 0.3) is 11.1 Å². The summed E-state index contributed by atoms with van der Waals surface area (Å²) in [5.41, 5.74) is 21.7. The Balaban J connectivity index is 1.07. The summed E-state index contributed by atoms with van der Waals surface area (Å²) in [6, 6.07) is 23.6. The lowest BCUT2D eigenvalue weighted by molar-refractivity contribution is -0.260. The van der Waals surface area contributed by atoms with Crippen molar-refractivity contribution < 1.29 is 82.3 Å². The van der Waals surface area contributed by atoms with E-state index in [9.17, 15) is 48.9 Å². The summed E-state index contributed by atoms with van der Waals surface area (Å²) in [7, 11) is 1.38. The van der Waals surface area contributed by atoms with E-state index in [-0.39, 0.29) is 94.9 Å². The van der Waals surface area contributed by atoms with Crippen LogP contribution in [-0.2, 0) is 106 Å². The molecule has 3 aliphatic rings. The summed E-state index contributed by atoms with van der Waals surface area (Å²) < 4.78 is 13.2. The highest BCUT2D eigenvalue weighted by Crippen LogP contribution is 2.27. The van der Waals surface area contributed by atoms with Crippen molar-refractivity contribution in [2.75, 3.05) is 20.2 Å². The molecular formula is C82H107N17O17. The van der Waals surface area contributed by atoms with Crippen molar-refractivity contribution in [3.63, 3.8) is 0 Å². The Bertz CT molecular complexity index is 4330. The maximum Gasteiger partial charge on any atom is 0.246 e. The van der Waals surface area contributed by atoms with E-state index in [2.05, 4.69) is 63.5 Å². The SMILES string of the molecule is CO[C@@H]1O[C@H](Cn2cc(C[C@@H]3NC(=O)[C@@H]4CCCN4C(=O)[C@@H](Cc4ccccc4)NC(=O)[C@H](CC(C)C)NC(=O)[C@H](CCCN)NC(=O)[C@H](C(C)C)NC(=O)[C@H](Cc4ccc(O)cc4)NC(=O)[C@H](CCC(N)=O)NC(=O)[C@H](CC(N)=O)NC(=O)[C@@H](Cc4ccccc4)NC3=O)nn2)[C@@H](O)[C@H](O)[C@H]1NCc1ccc(-c2ccccc2)cc1. The first-order chi connectivity index (χ1) is 55.5. The summed E-state index contributed by atoms with van der Waals surface area (Å²) in [6.07, 6.45) is -6.67. The van der Waals surface area contributed by atoms with Crippen LogP contribution in [0.2, 0.25) is 0 Å². The van der Waals surface area contributed by atoms with Crippen molar-refractivity contribution in [2.24, 2.45) is 29.0 Å². The summed E-state index contributed by atoms with van der Waals surface area (Å²) in [6.45, 7) is 6.88. The fourth-order valence-electron chi connectivity index (χ4n) is 14.2. The molecule has 34 nitrogen and oxygen atoms in total. The predicted octanol–water partition coefficient (Wildman–Crippen LogP) is -0.878. The molecule has 6 aromatic rings. The quantitative estimate of drug-likeness (QED) is 0.0314. The number of ether oxygens (including phenoxy) is 2. The first-order valence-electron chi connectivity index (χ1n) is 39.0. The average Bonchev–Trinajstić information content (AvgIpc) is 1.23. The van der Waals surface area contributed by atoms with Crippen molar-refractivity contribution in [2.45, 2.75) is 209 Å². The van der Waals surface area contributed by atoms with E-state index in [1.807, 2.05) is 54.6 Å². The molecule has 116 heavy (non-hydrogen) atoms. The monoisotopic (exact) mass is 1600 g/mol. The fraction of sp³-hybridized carbons (Fsp3) is 0.463. The van der Waals surface area contributed by atoms with Crippen LogP contribution in [0.3, 0.4) is 0 Å². The van der Waals surface area contributed by atoms with Gasteiger partial charge in [0, 0.05) is 58.5 Å². The molecule has 3 fully saturated rings. The number of hydrogen-bond donors (Lipinski definition) is 16. The molecule has 12 amide bonds. The number of phenolic OH excluding ortho intramolecular Hbond substituents is 1. The number of primary amides is 2. The minimum atomic E-state index is -1.94. The zero-order chi connectivity index (χ0) is 83.7. The molecule has 34 heteroatoms. The van der Waals surface area contributed by atoms with E-state index in [0.29, 0.717) is 16.7 Å². The first kappa shape index (κ1) is 88.4. The van der Waals surface area contributed by atoms with Gasteiger partial charge in [0.15, 0.2) is 6.29 Å². The molecule has 0 unspecified atom stereocenters. The Hall–Kier alpha value is -11.6. The molecular weight excluding hydrogens is 1500 g/mol. The van der Waals surface area contributed by atoms with E-state index in [4.69, 9.17) is 26.7 Å². The van der Waals surface area contributed by atoms with Gasteiger partial charge in [0.25, 0.3) is 0 Å². The minimum absolute atomic E-state index is 0.0136. The molecule has 19 N–H and O–H groups in total. The van der Waals surface area contributed by atoms with Crippen LogP contribution in [0.1, 0.15) is 107 Å². The van der Waals surface area contributed by atoms with Crippen LogP contribution in [0.15, 0.2) is 146 Å². The first-order valence-corrected chi connectivity index (χ1v) is 39.0. The highest BCUT2D eigenvalue weighted by atomic mass is 16.7. The molecule has 0 saturated carbocycles. The fourth-order valence-corrected chi connectivity index (χ4v) is 14.2. The van der Waals surface area contributed by atoms with Gasteiger partial charge < -0.3 is 100 Å². The predicted molar refractivity (Wildman–Crippen MR) is 423 cm³/mol. The molecule has 3 saturated heterocycles. The number of nitrogens with two attached hydrogens (primary N) is 3. The molecule has 0 radical (unpaired) electrons. The largest absolute Gasteiger partial charge is 0.508 e. The second kappa shape index (κ2) is 42.7. The zero-order valence-electron chi connectivity index (χ0n) is 65.6. The Morgan fingerprint density at radius 2 is 1.03 bits per heavy atom. The second-order valence-electron chi connectivity index (χ2n) is 30.3. The number of aromatic hydroxyl groups is 1. The van der Waals surface area contributed by atoms with Crippen LogP contribution in [-0.4, -0.2) is 217 Å². The molecule has 1 aromatic heterocycles. The van der Waals surface area contributed by atoms with Gasteiger partial charge in [-0.05, 0) is 102 Å². The Morgan fingerprint density at radius 1 is 0.552 bits per heavy atom. The van der Waals surface area contributed by atoms with Crippen LogP contribution in [0.4, 0.5) is 0 Å². The zero-order valence-corrected chi connectivity index (χ0v) is 65.6. The van der Waals surface area contributed by atoms with Crippen molar-refractivity contribution >= 4 is 70.9 Å². The van der Waals surface area contributed by atoms with Crippen molar-refractivity contribution in [3.05, 3.63) is 174 Å². The number of methoxy groups -OCH3 is 1. The van der Waals surface area contributed by atoms with Gasteiger partial charge in [0.05, 0.1) is 24.7 Å². The number of amides is 12. The third kappa shape index (κ3) is 25.5. The van der Waals surface area contributed by atoms with E-state index >= 15 is 24.0 Å². The van der Waals surface area contributed by atoms with Gasteiger partial charge in [-0.3, -0.25) is 57.5 Å². The summed E-state index contributed by atoms with van der Waals surface area (Å²) in [5, 5.41) is 69.6. The van der Waals surface area contributed by atoms with Crippen LogP contribution < -0.4 is 70.4 Å². The summed E-state index contributed by atoms with van der Waals surface area (Å²) >= 11 is 0. The molecule has 15 atom stereocenters. The van der Waals surface area contributed by atoms with Crippen molar-refractivity contribution in [1.82, 2.24) is 73.1 Å². The maximum atomic E-state index is 15.5. The Kier molecular flexibility index (Phi) is 32.5. The lowest BCUT2D eigenvalue weighted by Gasteiger charge is -2.42. The summed E-state index contributed by atoms with van der Waals surface area (Å²) in [4.78, 5) is 177. The van der Waals surface area contributed by atoms with E-state index < -0.39 is 194 Å². The van der Waals surface area contributed by atoms with Crippen LogP contribution >= 0.6 is 0 Å². The Labute approximate surface area is 672 Å². The molecule has 3 aliphatic heterocycles. The number of carbonyl (C=O) groups excluding carboxylic acids is 12. The number of aliphatic hydroxyl groups excluding tert-OH is 2. The van der Waals surface area contributed by atoms with Gasteiger partial charge in [-0.25, -0.2) is 4.68 Å². The highest BCUT2D eigenvalue weighted by molar-refractivity contribution is 6.01. The number of nitrogens with one attached hydrogen (secondary N) is 10. The lowest BCUT2D eigenvalue weighted by atomic mass is 9.96. The van der Waals surface area contributed by atoms with Gasteiger partial charge in [-0.1, -0.05) is 160 Å². The third-order valence-corrected chi connectivity index (χ3v) is 20.5. The molecule has 0 aliphatic carbocycles. The number of benzene rings is 5. The number of rotatable bonds is 26.